The van der Waals surface area contributed by atoms with Gasteiger partial charge in [-0.3, -0.25) is 10.4 Å². The first kappa shape index (κ1) is 13.9. The molecule has 1 heterocycles. The molecule has 104 valence electrons. The molecule has 0 unspecified atom stereocenters. The summed E-state index contributed by atoms with van der Waals surface area (Å²) in [5.74, 6) is 0. The number of nitrogens with one attached hydrogen (secondary N) is 1. The van der Waals surface area contributed by atoms with Crippen molar-refractivity contribution in [2.45, 2.75) is 27.2 Å². The Hall–Kier alpha value is -1.52. The highest BCUT2D eigenvalue weighted by atomic mass is 15.8. The van der Waals surface area contributed by atoms with E-state index in [2.05, 4.69) is 60.6 Å². The molecule has 0 radical (unpaired) electrons. The third-order valence-corrected chi connectivity index (χ3v) is 3.45. The fourth-order valence-electron chi connectivity index (χ4n) is 2.48. The third-order valence-electron chi connectivity index (χ3n) is 3.45. The molecule has 19 heavy (non-hydrogen) atoms. The maximum Gasteiger partial charge on any atom is 0.0786 e. The van der Waals surface area contributed by atoms with Crippen LogP contribution < -0.4 is 11.2 Å². The SMILES string of the molecule is CCN1NC(c2ccc(C)cc2)=C(CCN)N1CC. The van der Waals surface area contributed by atoms with Crippen molar-refractivity contribution in [2.75, 3.05) is 19.6 Å². The molecular weight excluding hydrogens is 236 g/mol. The molecule has 1 aliphatic rings. The van der Waals surface area contributed by atoms with Gasteiger partial charge in [0.15, 0.2) is 0 Å². The van der Waals surface area contributed by atoms with Crippen LogP contribution in [0.4, 0.5) is 0 Å². The van der Waals surface area contributed by atoms with Gasteiger partial charge in [-0.05, 0) is 27.3 Å². The summed E-state index contributed by atoms with van der Waals surface area (Å²) in [6.45, 7) is 8.97. The normalized spacial score (nSPS) is 16.1. The molecule has 0 aromatic heterocycles. The second-order valence-electron chi connectivity index (χ2n) is 4.77. The first-order valence-electron chi connectivity index (χ1n) is 7.03. The maximum atomic E-state index is 5.77. The smallest absolute Gasteiger partial charge is 0.0786 e. The predicted octanol–water partition coefficient (Wildman–Crippen LogP) is 2.09. The van der Waals surface area contributed by atoms with E-state index in [1.807, 2.05) is 0 Å². The third kappa shape index (κ3) is 2.74. The topological polar surface area (TPSA) is 44.5 Å². The van der Waals surface area contributed by atoms with Gasteiger partial charge in [0.2, 0.25) is 0 Å². The van der Waals surface area contributed by atoms with Crippen molar-refractivity contribution < 1.29 is 0 Å². The molecule has 1 aromatic carbocycles. The maximum absolute atomic E-state index is 5.77. The summed E-state index contributed by atoms with van der Waals surface area (Å²) in [6, 6.07) is 8.63. The van der Waals surface area contributed by atoms with Gasteiger partial charge in [-0.1, -0.05) is 29.8 Å². The summed E-state index contributed by atoms with van der Waals surface area (Å²) in [4.78, 5) is 0. The molecule has 0 bridgehead atoms. The van der Waals surface area contributed by atoms with Crippen molar-refractivity contribution in [1.82, 2.24) is 15.6 Å². The van der Waals surface area contributed by atoms with Crippen molar-refractivity contribution >= 4 is 5.70 Å². The van der Waals surface area contributed by atoms with Crippen LogP contribution in [0.1, 0.15) is 31.4 Å². The molecule has 0 atom stereocenters. The zero-order chi connectivity index (χ0) is 13.8. The molecule has 2 rings (SSSR count). The Labute approximate surface area is 115 Å². The number of hydrogen-bond acceptors (Lipinski definition) is 4. The molecule has 1 aromatic rings. The van der Waals surface area contributed by atoms with E-state index in [4.69, 9.17) is 5.73 Å². The Kier molecular flexibility index (Phi) is 4.45. The molecule has 0 aliphatic carbocycles. The molecule has 3 N–H and O–H groups in total. The monoisotopic (exact) mass is 260 g/mol. The highest BCUT2D eigenvalue weighted by Gasteiger charge is 2.27. The van der Waals surface area contributed by atoms with Gasteiger partial charge in [0.05, 0.1) is 11.4 Å². The van der Waals surface area contributed by atoms with Gasteiger partial charge in [0.25, 0.3) is 0 Å². The van der Waals surface area contributed by atoms with E-state index >= 15 is 0 Å². The van der Waals surface area contributed by atoms with Crippen LogP contribution >= 0.6 is 0 Å². The molecule has 0 fully saturated rings. The second-order valence-corrected chi connectivity index (χ2v) is 4.77. The molecule has 4 heteroatoms. The number of nitrogens with zero attached hydrogens (tertiary/aromatic N) is 2. The Morgan fingerprint density at radius 3 is 2.32 bits per heavy atom. The number of hydrazine groups is 2. The van der Waals surface area contributed by atoms with Crippen molar-refractivity contribution in [3.05, 3.63) is 41.1 Å². The first-order chi connectivity index (χ1) is 9.21. The molecule has 0 spiro atoms. The van der Waals surface area contributed by atoms with Gasteiger partial charge in [0.1, 0.15) is 0 Å². The lowest BCUT2D eigenvalue weighted by Crippen LogP contribution is -2.43. The second kappa shape index (κ2) is 6.08. The van der Waals surface area contributed by atoms with Gasteiger partial charge in [-0.15, -0.1) is 5.12 Å². The van der Waals surface area contributed by atoms with Crippen molar-refractivity contribution in [3.63, 3.8) is 0 Å². The highest BCUT2D eigenvalue weighted by Crippen LogP contribution is 2.28. The number of benzene rings is 1. The van der Waals surface area contributed by atoms with E-state index in [1.54, 1.807) is 0 Å². The molecule has 0 saturated heterocycles. The van der Waals surface area contributed by atoms with Gasteiger partial charge in [-0.25, -0.2) is 0 Å². The van der Waals surface area contributed by atoms with Crippen LogP contribution in [0.15, 0.2) is 30.0 Å². The number of nitrogens with two attached hydrogens (primary N) is 1. The fraction of sp³-hybridized carbons (Fsp3) is 0.467. The predicted molar refractivity (Wildman–Crippen MR) is 79.7 cm³/mol. The van der Waals surface area contributed by atoms with E-state index in [-0.39, 0.29) is 0 Å². The van der Waals surface area contributed by atoms with E-state index in [1.165, 1.54) is 22.5 Å². The number of hydrogen-bond donors (Lipinski definition) is 2. The summed E-state index contributed by atoms with van der Waals surface area (Å²) in [6.07, 6.45) is 0.889. The van der Waals surface area contributed by atoms with Crippen LogP contribution in [0.5, 0.6) is 0 Å². The van der Waals surface area contributed by atoms with Crippen LogP contribution in [-0.2, 0) is 0 Å². The van der Waals surface area contributed by atoms with Crippen LogP contribution in [0.25, 0.3) is 5.70 Å². The molecule has 1 aliphatic heterocycles. The van der Waals surface area contributed by atoms with E-state index < -0.39 is 0 Å². The molecule has 0 saturated carbocycles. The Morgan fingerprint density at radius 2 is 1.79 bits per heavy atom. The zero-order valence-electron chi connectivity index (χ0n) is 12.1. The summed E-state index contributed by atoms with van der Waals surface area (Å²) in [7, 11) is 0. The van der Waals surface area contributed by atoms with Crippen molar-refractivity contribution in [1.29, 1.82) is 0 Å². The van der Waals surface area contributed by atoms with Crippen molar-refractivity contribution in [3.8, 4) is 0 Å². The number of rotatable bonds is 5. The van der Waals surface area contributed by atoms with E-state index in [9.17, 15) is 0 Å². The zero-order valence-corrected chi connectivity index (χ0v) is 12.1. The minimum Gasteiger partial charge on any atom is -0.330 e. The lowest BCUT2D eigenvalue weighted by atomic mass is 10.1. The molecule has 0 amide bonds. The molecular formula is C15H24N4. The summed E-state index contributed by atoms with van der Waals surface area (Å²) in [5, 5.41) is 4.43. The van der Waals surface area contributed by atoms with Crippen LogP contribution in [0, 0.1) is 6.92 Å². The minimum atomic E-state index is 0.667. The summed E-state index contributed by atoms with van der Waals surface area (Å²) < 4.78 is 0. The highest BCUT2D eigenvalue weighted by molar-refractivity contribution is 5.68. The summed E-state index contributed by atoms with van der Waals surface area (Å²) in [5.41, 5.74) is 14.2. The lowest BCUT2D eigenvalue weighted by Gasteiger charge is -2.29. The van der Waals surface area contributed by atoms with Gasteiger partial charge < -0.3 is 5.73 Å². The average Bonchev–Trinajstić information content (AvgIpc) is 2.78. The Balaban J connectivity index is 2.38. The van der Waals surface area contributed by atoms with E-state index in [0.717, 1.165) is 19.5 Å². The van der Waals surface area contributed by atoms with Crippen LogP contribution in [0.3, 0.4) is 0 Å². The van der Waals surface area contributed by atoms with E-state index in [0.29, 0.717) is 6.54 Å². The Morgan fingerprint density at radius 1 is 1.11 bits per heavy atom. The largest absolute Gasteiger partial charge is 0.330 e. The lowest BCUT2D eigenvalue weighted by molar-refractivity contribution is 0.00626. The van der Waals surface area contributed by atoms with Crippen molar-refractivity contribution in [2.24, 2.45) is 5.73 Å². The van der Waals surface area contributed by atoms with Crippen LogP contribution in [0.2, 0.25) is 0 Å². The summed E-state index contributed by atoms with van der Waals surface area (Å²) >= 11 is 0. The minimum absolute atomic E-state index is 0.667. The first-order valence-corrected chi connectivity index (χ1v) is 7.03. The Bertz CT molecular complexity index is 450. The standard InChI is InChI=1S/C15H24N4/c1-4-18-14(10-11-16)15(17-19(18)5-2)13-8-6-12(3)7-9-13/h6-9,17H,4-5,10-11,16H2,1-3H3. The quantitative estimate of drug-likeness (QED) is 0.851. The fourth-order valence-corrected chi connectivity index (χ4v) is 2.48. The van der Waals surface area contributed by atoms with Crippen LogP contribution in [-0.4, -0.2) is 29.8 Å². The average molecular weight is 260 g/mol. The van der Waals surface area contributed by atoms with Gasteiger partial charge >= 0.3 is 0 Å². The van der Waals surface area contributed by atoms with Gasteiger partial charge in [-0.2, -0.15) is 0 Å². The molecule has 4 nitrogen and oxygen atoms in total. The van der Waals surface area contributed by atoms with Gasteiger partial charge in [0, 0.05) is 25.1 Å². The number of aryl methyl sites for hydroxylation is 1.